The molecule has 0 radical (unpaired) electrons. The normalized spacial score (nSPS) is 13.3. The lowest BCUT2D eigenvalue weighted by Crippen LogP contribution is -2.10. The predicted octanol–water partition coefficient (Wildman–Crippen LogP) is 3.66. The third kappa shape index (κ3) is 3.82. The molecule has 1 aromatic heterocycles. The Morgan fingerprint density at radius 3 is 2.69 bits per heavy atom. The molecule has 0 unspecified atom stereocenters. The second-order valence-corrected chi connectivity index (χ2v) is 7.78. The molecule has 3 N–H and O–H groups in total. The molecule has 1 aliphatic carbocycles. The third-order valence-electron chi connectivity index (χ3n) is 5.29. The third-order valence-corrected chi connectivity index (χ3v) is 5.29. The average Bonchev–Trinajstić information content (AvgIpc) is 3.53. The molecule has 1 saturated carbocycles. The molecular weight excluding hydrogens is 413 g/mol. The molecule has 2 aromatic rings. The van der Waals surface area contributed by atoms with Crippen molar-refractivity contribution in [3.05, 3.63) is 48.4 Å². The van der Waals surface area contributed by atoms with E-state index in [1.165, 1.54) is 31.9 Å². The summed E-state index contributed by atoms with van der Waals surface area (Å²) < 4.78 is 14.4. The molecule has 9 nitrogen and oxygen atoms in total. The molecule has 1 fully saturated rings. The molecule has 0 bridgehead atoms. The Hall–Kier alpha value is -4.08. The number of rotatable bonds is 6. The largest absolute Gasteiger partial charge is 0.426 e. The Kier molecular flexibility index (Phi) is 4.89. The van der Waals surface area contributed by atoms with Gasteiger partial charge in [-0.1, -0.05) is 0 Å². The number of halogens is 1. The smallest absolute Gasteiger partial charge is 0.223 e. The van der Waals surface area contributed by atoms with E-state index in [9.17, 15) is 14.4 Å². The van der Waals surface area contributed by atoms with Gasteiger partial charge in [-0.05, 0) is 55.2 Å². The van der Waals surface area contributed by atoms with Gasteiger partial charge in [-0.15, -0.1) is 10.2 Å². The Morgan fingerprint density at radius 1 is 1.19 bits per heavy atom. The van der Waals surface area contributed by atoms with Crippen molar-refractivity contribution in [1.29, 1.82) is 0 Å². The number of anilines is 2. The molecule has 1 amide bonds. The van der Waals surface area contributed by atoms with Crippen LogP contribution in [-0.4, -0.2) is 42.6 Å². The highest BCUT2D eigenvalue weighted by atomic mass is 19.1. The molecule has 0 saturated heterocycles. The van der Waals surface area contributed by atoms with Crippen molar-refractivity contribution in [1.82, 2.24) is 24.9 Å². The minimum Gasteiger partial charge on any atom is -0.426 e. The van der Waals surface area contributed by atoms with Crippen molar-refractivity contribution >= 4 is 17.7 Å². The molecule has 0 spiro atoms. The molecule has 2 aliphatic heterocycles. The van der Waals surface area contributed by atoms with E-state index in [1.807, 2.05) is 0 Å². The second-order valence-electron chi connectivity index (χ2n) is 7.78. The first-order valence-corrected chi connectivity index (χ1v) is 10.2. The lowest BCUT2D eigenvalue weighted by Gasteiger charge is -2.17. The van der Waals surface area contributed by atoms with Crippen LogP contribution in [0.15, 0.2) is 42.6 Å². The van der Waals surface area contributed by atoms with Gasteiger partial charge in [0, 0.05) is 30.8 Å². The van der Waals surface area contributed by atoms with Gasteiger partial charge in [0.15, 0.2) is 5.82 Å². The number of benzene rings is 1. The van der Waals surface area contributed by atoms with Crippen molar-refractivity contribution in [2.24, 2.45) is 5.92 Å². The van der Waals surface area contributed by atoms with Crippen LogP contribution in [0.1, 0.15) is 19.8 Å². The number of nitrogens with zero attached hydrogens (tertiary/aromatic N) is 5. The summed E-state index contributed by atoms with van der Waals surface area (Å²) in [6.07, 6.45) is 4.03. The van der Waals surface area contributed by atoms with Gasteiger partial charge in [0.2, 0.25) is 17.7 Å². The quantitative estimate of drug-likeness (QED) is 0.397. The highest BCUT2D eigenvalue weighted by Gasteiger charge is 2.26. The first kappa shape index (κ1) is 19.9. The number of hydrogen-bond donors (Lipinski definition) is 3. The molecular formula is C22H20FN7O2. The van der Waals surface area contributed by atoms with E-state index in [0.29, 0.717) is 39.9 Å². The summed E-state index contributed by atoms with van der Waals surface area (Å²) in [4.78, 5) is 20.5. The van der Waals surface area contributed by atoms with Gasteiger partial charge in [0.25, 0.3) is 0 Å². The van der Waals surface area contributed by atoms with Crippen LogP contribution in [0.5, 0.6) is 0 Å². The van der Waals surface area contributed by atoms with Gasteiger partial charge < -0.3 is 15.8 Å². The Bertz CT molecular complexity index is 1270. The van der Waals surface area contributed by atoms with Crippen LogP contribution in [0.3, 0.4) is 0 Å². The van der Waals surface area contributed by atoms with Crippen molar-refractivity contribution < 1.29 is 14.4 Å². The molecule has 5 rings (SSSR count). The van der Waals surface area contributed by atoms with Gasteiger partial charge in [0.05, 0.1) is 17.0 Å². The van der Waals surface area contributed by atoms with Crippen LogP contribution in [0.25, 0.3) is 33.9 Å². The fourth-order valence-corrected chi connectivity index (χ4v) is 3.52. The number of amides is 1. The number of hydrogen-bond acceptors (Lipinski definition) is 7. The fraction of sp³-hybridized carbons (Fsp3) is 0.227. The van der Waals surface area contributed by atoms with E-state index in [2.05, 4.69) is 30.8 Å². The van der Waals surface area contributed by atoms with Crippen molar-refractivity contribution in [2.45, 2.75) is 19.8 Å². The van der Waals surface area contributed by atoms with Crippen molar-refractivity contribution in [2.75, 3.05) is 17.2 Å². The maximum absolute atomic E-state index is 13.6. The topological polar surface area (TPSA) is 118 Å². The monoisotopic (exact) mass is 433 g/mol. The number of aromatic nitrogens is 5. The van der Waals surface area contributed by atoms with Gasteiger partial charge in [-0.2, -0.15) is 4.73 Å². The van der Waals surface area contributed by atoms with Gasteiger partial charge in [-0.3, -0.25) is 4.79 Å². The van der Waals surface area contributed by atoms with Crippen LogP contribution >= 0.6 is 0 Å². The van der Waals surface area contributed by atoms with E-state index < -0.39 is 5.82 Å². The minimum atomic E-state index is -0.393. The van der Waals surface area contributed by atoms with Crippen molar-refractivity contribution in [3.63, 3.8) is 0 Å². The lowest BCUT2D eigenvalue weighted by atomic mass is 10.00. The van der Waals surface area contributed by atoms with E-state index in [-0.39, 0.29) is 17.5 Å². The van der Waals surface area contributed by atoms with E-state index in [4.69, 9.17) is 0 Å². The molecule has 32 heavy (non-hydrogen) atoms. The summed E-state index contributed by atoms with van der Waals surface area (Å²) in [6.45, 7) is 2.17. The first-order valence-electron chi connectivity index (χ1n) is 10.2. The number of carbonyl (C=O) groups is 1. The Labute approximate surface area is 182 Å². The van der Waals surface area contributed by atoms with Crippen molar-refractivity contribution in [3.8, 4) is 33.9 Å². The van der Waals surface area contributed by atoms with Crippen LogP contribution in [0.2, 0.25) is 0 Å². The number of nitrogens with one attached hydrogen (secondary N) is 2. The Morgan fingerprint density at radius 2 is 1.97 bits per heavy atom. The summed E-state index contributed by atoms with van der Waals surface area (Å²) in [5.41, 5.74) is 2.44. The zero-order valence-corrected chi connectivity index (χ0v) is 17.2. The molecule has 162 valence electrons. The molecule has 3 heterocycles. The van der Waals surface area contributed by atoms with Gasteiger partial charge >= 0.3 is 0 Å². The number of pyridine rings is 1. The minimum absolute atomic E-state index is 0.151. The summed E-state index contributed by atoms with van der Waals surface area (Å²) in [5, 5.41) is 24.9. The molecule has 0 atom stereocenters. The zero-order chi connectivity index (χ0) is 22.2. The molecule has 10 heteroatoms. The van der Waals surface area contributed by atoms with Crippen LogP contribution in [0.4, 0.5) is 16.2 Å². The maximum atomic E-state index is 13.6. The van der Waals surface area contributed by atoms with Gasteiger partial charge in [-0.25, -0.2) is 14.4 Å². The summed E-state index contributed by atoms with van der Waals surface area (Å²) >= 11 is 0. The predicted molar refractivity (Wildman–Crippen MR) is 116 cm³/mol. The van der Waals surface area contributed by atoms with Crippen LogP contribution in [-0.2, 0) is 4.79 Å². The highest BCUT2D eigenvalue weighted by molar-refractivity contribution is 5.94. The highest BCUT2D eigenvalue weighted by Crippen LogP contribution is 2.39. The number of carbonyl (C=O) groups excluding carboxylic acids is 1. The maximum Gasteiger partial charge on any atom is 0.223 e. The summed E-state index contributed by atoms with van der Waals surface area (Å²) in [7, 11) is 0. The Balaban J connectivity index is 1.68. The standard InChI is InChI=1S/C22H20FN7O2/c1-12(31)26-20-17-10-16(18-8-9-24-22(27-18)25-11-13-2-3-13)19(30(32)21(17)29-28-20)14-4-6-15(23)7-5-14/h4-10,13,32H,2-3,11H2,1H3,(H,24,25,27)(H,26,28,31). The van der Waals surface area contributed by atoms with E-state index >= 15 is 0 Å². The average molecular weight is 433 g/mol. The fourth-order valence-electron chi connectivity index (χ4n) is 3.52. The van der Waals surface area contributed by atoms with Crippen LogP contribution in [0, 0.1) is 11.7 Å². The summed E-state index contributed by atoms with van der Waals surface area (Å²) in [6, 6.07) is 9.21. The van der Waals surface area contributed by atoms with Gasteiger partial charge in [0.1, 0.15) is 5.82 Å². The molecule has 1 aromatic carbocycles. The van der Waals surface area contributed by atoms with E-state index in [0.717, 1.165) is 11.3 Å². The SMILES string of the molecule is CC(=O)Nc1nnc2n(O)c(-c3ccc(F)cc3)c(-c3ccnc(NCC4CC4)n3)cc1-2. The summed E-state index contributed by atoms with van der Waals surface area (Å²) in [5.74, 6) is 0.797. The van der Waals surface area contributed by atoms with Crippen LogP contribution < -0.4 is 10.6 Å². The second kappa shape index (κ2) is 7.88. The zero-order valence-electron chi connectivity index (χ0n) is 17.2. The lowest BCUT2D eigenvalue weighted by molar-refractivity contribution is -0.114. The number of fused-ring (bicyclic) bond motifs is 1. The molecule has 3 aliphatic rings. The van der Waals surface area contributed by atoms with E-state index in [1.54, 1.807) is 30.5 Å². The first-order chi connectivity index (χ1) is 15.5.